The number of aliphatic hydroxyl groups is 1. The summed E-state index contributed by atoms with van der Waals surface area (Å²) in [6.07, 6.45) is 6.15. The molecule has 2 N–H and O–H groups in total. The number of ether oxygens (including phenoxy) is 1. The van der Waals surface area contributed by atoms with Crippen LogP contribution in [0.25, 0.3) is 0 Å². The van der Waals surface area contributed by atoms with Gasteiger partial charge in [0.05, 0.1) is 25.4 Å². The molecule has 0 bridgehead atoms. The van der Waals surface area contributed by atoms with Crippen molar-refractivity contribution in [1.29, 1.82) is 0 Å². The molecular weight excluding hydrogens is 244 g/mol. The molecule has 5 heteroatoms. The lowest BCUT2D eigenvalue weighted by Crippen LogP contribution is -2.47. The Morgan fingerprint density at radius 1 is 1.16 bits per heavy atom. The number of carbonyl (C=O) groups is 1. The van der Waals surface area contributed by atoms with E-state index in [1.807, 2.05) is 0 Å². The van der Waals surface area contributed by atoms with Crippen molar-refractivity contribution in [3.63, 3.8) is 0 Å². The van der Waals surface area contributed by atoms with Gasteiger partial charge in [-0.05, 0) is 12.8 Å². The minimum absolute atomic E-state index is 0.0135. The van der Waals surface area contributed by atoms with Crippen molar-refractivity contribution >= 4 is 5.91 Å². The number of hydrogen-bond acceptors (Lipinski definition) is 4. The fourth-order valence-corrected chi connectivity index (χ4v) is 2.84. The standard InChI is InChI=1S/C14H26N2O3/c17-13(11-16-7-9-19-10-8-16)15-12-14(18)5-3-1-2-4-6-14/h18H,1-12H2,(H,15,17). The number of carbonyl (C=O) groups excluding carboxylic acids is 1. The van der Waals surface area contributed by atoms with Gasteiger partial charge in [-0.3, -0.25) is 9.69 Å². The zero-order chi connectivity index (χ0) is 13.6. The molecule has 1 aliphatic heterocycles. The van der Waals surface area contributed by atoms with Gasteiger partial charge >= 0.3 is 0 Å². The summed E-state index contributed by atoms with van der Waals surface area (Å²) in [6, 6.07) is 0. The molecule has 2 aliphatic rings. The van der Waals surface area contributed by atoms with E-state index in [1.165, 1.54) is 12.8 Å². The average molecular weight is 270 g/mol. The highest BCUT2D eigenvalue weighted by Gasteiger charge is 2.28. The van der Waals surface area contributed by atoms with Crippen LogP contribution in [0, 0.1) is 0 Å². The normalized spacial score (nSPS) is 24.7. The Kier molecular flexibility index (Phi) is 5.60. The lowest BCUT2D eigenvalue weighted by atomic mass is 9.94. The first-order chi connectivity index (χ1) is 9.18. The summed E-state index contributed by atoms with van der Waals surface area (Å²) >= 11 is 0. The van der Waals surface area contributed by atoms with Gasteiger partial charge in [0.1, 0.15) is 0 Å². The minimum atomic E-state index is -0.683. The maximum atomic E-state index is 11.9. The third-order valence-corrected chi connectivity index (χ3v) is 4.12. The number of nitrogens with zero attached hydrogens (tertiary/aromatic N) is 1. The van der Waals surface area contributed by atoms with Gasteiger partial charge < -0.3 is 15.2 Å². The van der Waals surface area contributed by atoms with Gasteiger partial charge in [0.15, 0.2) is 0 Å². The predicted molar refractivity (Wildman–Crippen MR) is 72.9 cm³/mol. The largest absolute Gasteiger partial charge is 0.388 e. The summed E-state index contributed by atoms with van der Waals surface area (Å²) in [7, 11) is 0. The third kappa shape index (κ3) is 5.09. The second kappa shape index (κ2) is 7.22. The van der Waals surface area contributed by atoms with Gasteiger partial charge in [-0.25, -0.2) is 0 Å². The lowest BCUT2D eigenvalue weighted by Gasteiger charge is -2.29. The van der Waals surface area contributed by atoms with Crippen LogP contribution in [0.5, 0.6) is 0 Å². The molecule has 2 rings (SSSR count). The van der Waals surface area contributed by atoms with Crippen molar-refractivity contribution in [2.45, 2.75) is 44.1 Å². The van der Waals surface area contributed by atoms with Crippen LogP contribution in [-0.2, 0) is 9.53 Å². The van der Waals surface area contributed by atoms with Crippen molar-refractivity contribution in [2.24, 2.45) is 0 Å². The van der Waals surface area contributed by atoms with Crippen LogP contribution < -0.4 is 5.32 Å². The van der Waals surface area contributed by atoms with Crippen molar-refractivity contribution in [3.8, 4) is 0 Å². The van der Waals surface area contributed by atoms with Crippen LogP contribution >= 0.6 is 0 Å². The van der Waals surface area contributed by atoms with E-state index in [1.54, 1.807) is 0 Å². The molecule has 1 saturated heterocycles. The van der Waals surface area contributed by atoms with Crippen LogP contribution in [0.3, 0.4) is 0 Å². The molecule has 5 nitrogen and oxygen atoms in total. The first-order valence-electron chi connectivity index (χ1n) is 7.47. The Labute approximate surface area is 115 Å². The number of amides is 1. The molecule has 110 valence electrons. The van der Waals surface area contributed by atoms with Crippen molar-refractivity contribution in [2.75, 3.05) is 39.4 Å². The molecule has 1 heterocycles. The monoisotopic (exact) mass is 270 g/mol. The van der Waals surface area contributed by atoms with E-state index in [2.05, 4.69) is 10.2 Å². The highest BCUT2D eigenvalue weighted by atomic mass is 16.5. The maximum Gasteiger partial charge on any atom is 0.234 e. The van der Waals surface area contributed by atoms with E-state index in [4.69, 9.17) is 4.74 Å². The topological polar surface area (TPSA) is 61.8 Å². The lowest BCUT2D eigenvalue weighted by molar-refractivity contribution is -0.124. The molecule has 0 atom stereocenters. The van der Waals surface area contributed by atoms with E-state index in [9.17, 15) is 9.90 Å². The molecule has 1 amide bonds. The van der Waals surface area contributed by atoms with Gasteiger partial charge in [-0.1, -0.05) is 25.7 Å². The molecule has 19 heavy (non-hydrogen) atoms. The van der Waals surface area contributed by atoms with Gasteiger partial charge in [0, 0.05) is 19.6 Å². The van der Waals surface area contributed by atoms with E-state index in [0.717, 1.165) is 38.8 Å². The summed E-state index contributed by atoms with van der Waals surface area (Å²) in [5.41, 5.74) is -0.683. The summed E-state index contributed by atoms with van der Waals surface area (Å²) in [6.45, 7) is 3.86. The van der Waals surface area contributed by atoms with E-state index in [-0.39, 0.29) is 5.91 Å². The zero-order valence-corrected chi connectivity index (χ0v) is 11.7. The van der Waals surface area contributed by atoms with Crippen molar-refractivity contribution in [3.05, 3.63) is 0 Å². The van der Waals surface area contributed by atoms with E-state index >= 15 is 0 Å². The Balaban J connectivity index is 1.69. The Morgan fingerprint density at radius 3 is 2.42 bits per heavy atom. The highest BCUT2D eigenvalue weighted by molar-refractivity contribution is 5.78. The molecule has 1 saturated carbocycles. The molecule has 0 aromatic heterocycles. The first-order valence-corrected chi connectivity index (χ1v) is 7.47. The van der Waals surface area contributed by atoms with Gasteiger partial charge in [0.25, 0.3) is 0 Å². The van der Waals surface area contributed by atoms with Crippen molar-refractivity contribution in [1.82, 2.24) is 10.2 Å². The molecule has 0 aromatic carbocycles. The van der Waals surface area contributed by atoms with E-state index in [0.29, 0.717) is 26.3 Å². The number of hydrogen-bond donors (Lipinski definition) is 2. The molecule has 1 aliphatic carbocycles. The first kappa shape index (κ1) is 14.8. The summed E-state index contributed by atoms with van der Waals surface area (Å²) < 4.78 is 5.25. The Morgan fingerprint density at radius 2 is 1.79 bits per heavy atom. The summed E-state index contributed by atoms with van der Waals surface area (Å²) in [4.78, 5) is 14.0. The fourth-order valence-electron chi connectivity index (χ4n) is 2.84. The second-order valence-electron chi connectivity index (χ2n) is 5.80. The fraction of sp³-hybridized carbons (Fsp3) is 0.929. The highest BCUT2D eigenvalue weighted by Crippen LogP contribution is 2.26. The SMILES string of the molecule is O=C(CN1CCOCC1)NCC1(O)CCCCCC1. The van der Waals surface area contributed by atoms with Crippen LogP contribution in [0.15, 0.2) is 0 Å². The summed E-state index contributed by atoms with van der Waals surface area (Å²) in [5, 5.41) is 13.4. The second-order valence-corrected chi connectivity index (χ2v) is 5.80. The van der Waals surface area contributed by atoms with Gasteiger partial charge in [-0.15, -0.1) is 0 Å². The average Bonchev–Trinajstić information content (AvgIpc) is 2.63. The molecule has 2 fully saturated rings. The van der Waals surface area contributed by atoms with Crippen LogP contribution in [0.1, 0.15) is 38.5 Å². The molecule has 0 aromatic rings. The minimum Gasteiger partial charge on any atom is -0.388 e. The van der Waals surface area contributed by atoms with Crippen LogP contribution in [0.2, 0.25) is 0 Å². The van der Waals surface area contributed by atoms with Gasteiger partial charge in [0.2, 0.25) is 5.91 Å². The molecule has 0 unspecified atom stereocenters. The third-order valence-electron chi connectivity index (χ3n) is 4.12. The van der Waals surface area contributed by atoms with E-state index < -0.39 is 5.60 Å². The van der Waals surface area contributed by atoms with Crippen LogP contribution in [-0.4, -0.2) is 60.9 Å². The molecular formula is C14H26N2O3. The number of nitrogens with one attached hydrogen (secondary N) is 1. The Bertz CT molecular complexity index is 282. The smallest absolute Gasteiger partial charge is 0.234 e. The zero-order valence-electron chi connectivity index (χ0n) is 11.7. The number of rotatable bonds is 4. The molecule has 0 radical (unpaired) electrons. The maximum absolute atomic E-state index is 11.9. The summed E-state index contributed by atoms with van der Waals surface area (Å²) in [5.74, 6) is 0.0135. The number of morpholine rings is 1. The van der Waals surface area contributed by atoms with Crippen LogP contribution in [0.4, 0.5) is 0 Å². The predicted octanol–water partition coefficient (Wildman–Crippen LogP) is 0.520. The Hall–Kier alpha value is -0.650. The quantitative estimate of drug-likeness (QED) is 0.731. The van der Waals surface area contributed by atoms with Gasteiger partial charge in [-0.2, -0.15) is 0 Å². The van der Waals surface area contributed by atoms with Crippen molar-refractivity contribution < 1.29 is 14.6 Å². The molecule has 0 spiro atoms.